The Balaban J connectivity index is 1.66. The number of hydrogen-bond donors (Lipinski definition) is 0. The van der Waals surface area contributed by atoms with Crippen LogP contribution < -0.4 is 4.74 Å². The van der Waals surface area contributed by atoms with E-state index in [0.29, 0.717) is 12.5 Å². The van der Waals surface area contributed by atoms with E-state index >= 15 is 0 Å². The van der Waals surface area contributed by atoms with Crippen molar-refractivity contribution in [3.63, 3.8) is 0 Å². The van der Waals surface area contributed by atoms with Crippen LogP contribution in [0.5, 0.6) is 5.75 Å². The summed E-state index contributed by atoms with van der Waals surface area (Å²) in [4.78, 5) is 0. The molecule has 2 fully saturated rings. The van der Waals surface area contributed by atoms with E-state index in [2.05, 4.69) is 26.8 Å². The fraction of sp³-hybridized carbons (Fsp3) is 0.667. The molecule has 2 saturated heterocycles. The SMILES string of the molecule is COc1cccc(CO[C@H]2C[C@]3(C(C)C)CC[C@@]2(C)O3)c1. The van der Waals surface area contributed by atoms with Crippen molar-refractivity contribution >= 4 is 0 Å². The highest BCUT2D eigenvalue weighted by atomic mass is 16.6. The summed E-state index contributed by atoms with van der Waals surface area (Å²) < 4.78 is 17.9. The van der Waals surface area contributed by atoms with Gasteiger partial charge in [-0.15, -0.1) is 0 Å². The van der Waals surface area contributed by atoms with E-state index in [1.165, 1.54) is 6.42 Å². The molecule has 1 aromatic carbocycles. The van der Waals surface area contributed by atoms with Crippen molar-refractivity contribution in [2.75, 3.05) is 7.11 Å². The van der Waals surface area contributed by atoms with Gasteiger partial charge in [0.15, 0.2) is 0 Å². The van der Waals surface area contributed by atoms with Crippen LogP contribution in [0.1, 0.15) is 45.6 Å². The molecule has 21 heavy (non-hydrogen) atoms. The van der Waals surface area contributed by atoms with E-state index in [4.69, 9.17) is 14.2 Å². The lowest BCUT2D eigenvalue weighted by Gasteiger charge is -2.31. The standard InChI is InChI=1S/C18H26O3/c1-13(2)18-9-8-17(3,21-18)16(11-18)20-12-14-6-5-7-15(10-14)19-4/h5-7,10,13,16H,8-9,11-12H2,1-4H3/t16-,17+,18-/m0/s1. The molecule has 2 bridgehead atoms. The van der Waals surface area contributed by atoms with Gasteiger partial charge in [-0.1, -0.05) is 26.0 Å². The average molecular weight is 290 g/mol. The molecule has 0 aliphatic carbocycles. The smallest absolute Gasteiger partial charge is 0.119 e. The predicted molar refractivity (Wildman–Crippen MR) is 82.5 cm³/mol. The van der Waals surface area contributed by atoms with Gasteiger partial charge in [-0.25, -0.2) is 0 Å². The van der Waals surface area contributed by atoms with Gasteiger partial charge >= 0.3 is 0 Å². The number of methoxy groups -OCH3 is 1. The lowest BCUT2D eigenvalue weighted by molar-refractivity contribution is -0.0960. The van der Waals surface area contributed by atoms with Crippen LogP contribution in [0.25, 0.3) is 0 Å². The molecule has 0 spiro atoms. The minimum Gasteiger partial charge on any atom is -0.497 e. The summed E-state index contributed by atoms with van der Waals surface area (Å²) in [5.41, 5.74) is 1.08. The molecule has 3 heteroatoms. The van der Waals surface area contributed by atoms with Gasteiger partial charge in [0.1, 0.15) is 5.75 Å². The normalized spacial score (nSPS) is 34.6. The number of rotatable bonds is 5. The van der Waals surface area contributed by atoms with Gasteiger partial charge in [0.2, 0.25) is 0 Å². The van der Waals surface area contributed by atoms with Crippen LogP contribution >= 0.6 is 0 Å². The third kappa shape index (κ3) is 2.58. The Morgan fingerprint density at radius 1 is 1.33 bits per heavy atom. The largest absolute Gasteiger partial charge is 0.497 e. The number of benzene rings is 1. The Hall–Kier alpha value is -1.06. The molecule has 2 heterocycles. The monoisotopic (exact) mass is 290 g/mol. The third-order valence-corrected chi connectivity index (χ3v) is 5.33. The van der Waals surface area contributed by atoms with Crippen molar-refractivity contribution in [1.82, 2.24) is 0 Å². The maximum Gasteiger partial charge on any atom is 0.119 e. The maximum atomic E-state index is 6.41. The van der Waals surface area contributed by atoms with Crippen molar-refractivity contribution in [3.05, 3.63) is 29.8 Å². The van der Waals surface area contributed by atoms with Crippen LogP contribution in [0.15, 0.2) is 24.3 Å². The van der Waals surface area contributed by atoms with Gasteiger partial charge in [0.05, 0.1) is 31.0 Å². The van der Waals surface area contributed by atoms with Gasteiger partial charge in [0.25, 0.3) is 0 Å². The second-order valence-corrected chi connectivity index (χ2v) is 6.99. The van der Waals surface area contributed by atoms with Crippen molar-refractivity contribution in [2.45, 2.75) is 63.9 Å². The first-order valence-corrected chi connectivity index (χ1v) is 7.92. The fourth-order valence-corrected chi connectivity index (χ4v) is 3.76. The molecule has 0 unspecified atom stereocenters. The number of ether oxygens (including phenoxy) is 3. The minimum absolute atomic E-state index is 0.0355. The molecule has 0 amide bonds. The molecule has 116 valence electrons. The second-order valence-electron chi connectivity index (χ2n) is 6.99. The van der Waals surface area contributed by atoms with Gasteiger partial charge in [-0.2, -0.15) is 0 Å². The molecule has 3 atom stereocenters. The van der Waals surface area contributed by atoms with E-state index < -0.39 is 0 Å². The van der Waals surface area contributed by atoms with Crippen molar-refractivity contribution in [3.8, 4) is 5.75 Å². The Morgan fingerprint density at radius 2 is 2.14 bits per heavy atom. The molecule has 2 aliphatic heterocycles. The topological polar surface area (TPSA) is 27.7 Å². The van der Waals surface area contributed by atoms with Gasteiger partial charge in [-0.05, 0) is 43.4 Å². The molecular formula is C18H26O3. The summed E-state index contributed by atoms with van der Waals surface area (Å²) in [6.07, 6.45) is 3.49. The lowest BCUT2D eigenvalue weighted by atomic mass is 9.75. The summed E-state index contributed by atoms with van der Waals surface area (Å²) >= 11 is 0. The third-order valence-electron chi connectivity index (χ3n) is 5.33. The van der Waals surface area contributed by atoms with Crippen LogP contribution in [-0.2, 0) is 16.1 Å². The minimum atomic E-state index is -0.108. The van der Waals surface area contributed by atoms with E-state index in [9.17, 15) is 0 Å². The molecule has 0 N–H and O–H groups in total. The van der Waals surface area contributed by atoms with Crippen molar-refractivity contribution < 1.29 is 14.2 Å². The molecule has 3 rings (SSSR count). The lowest BCUT2D eigenvalue weighted by Crippen LogP contribution is -2.38. The number of fused-ring (bicyclic) bond motifs is 2. The molecule has 1 aromatic rings. The summed E-state index contributed by atoms with van der Waals surface area (Å²) in [5, 5.41) is 0. The fourth-order valence-electron chi connectivity index (χ4n) is 3.76. The molecule has 0 radical (unpaired) electrons. The molecule has 3 nitrogen and oxygen atoms in total. The van der Waals surface area contributed by atoms with Crippen LogP contribution in [0.2, 0.25) is 0 Å². The summed E-state index contributed by atoms with van der Waals surface area (Å²) in [6, 6.07) is 8.08. The first-order valence-electron chi connectivity index (χ1n) is 7.92. The van der Waals surface area contributed by atoms with E-state index in [1.807, 2.05) is 18.2 Å². The summed E-state index contributed by atoms with van der Waals surface area (Å²) in [6.45, 7) is 7.35. The summed E-state index contributed by atoms with van der Waals surface area (Å²) in [7, 11) is 1.69. The van der Waals surface area contributed by atoms with Gasteiger partial charge < -0.3 is 14.2 Å². The zero-order valence-corrected chi connectivity index (χ0v) is 13.5. The van der Waals surface area contributed by atoms with Crippen molar-refractivity contribution in [1.29, 1.82) is 0 Å². The highest BCUT2D eigenvalue weighted by molar-refractivity contribution is 5.28. The molecule has 2 aliphatic rings. The van der Waals surface area contributed by atoms with E-state index in [-0.39, 0.29) is 17.3 Å². The summed E-state index contributed by atoms with van der Waals surface area (Å²) in [5.74, 6) is 1.43. The molecular weight excluding hydrogens is 264 g/mol. The predicted octanol–water partition coefficient (Wildman–Crippen LogP) is 3.95. The highest BCUT2D eigenvalue weighted by Gasteiger charge is 2.60. The maximum absolute atomic E-state index is 6.41. The van der Waals surface area contributed by atoms with Crippen LogP contribution in [0, 0.1) is 5.92 Å². The van der Waals surface area contributed by atoms with Crippen LogP contribution in [-0.4, -0.2) is 24.4 Å². The Bertz CT molecular complexity index is 513. The van der Waals surface area contributed by atoms with Crippen LogP contribution in [0.4, 0.5) is 0 Å². The Kier molecular flexibility index (Phi) is 3.74. The van der Waals surface area contributed by atoms with E-state index in [0.717, 1.165) is 24.2 Å². The zero-order valence-electron chi connectivity index (χ0n) is 13.5. The average Bonchev–Trinajstić information content (AvgIpc) is 2.97. The Labute approximate surface area is 127 Å². The van der Waals surface area contributed by atoms with Crippen molar-refractivity contribution in [2.24, 2.45) is 5.92 Å². The Morgan fingerprint density at radius 3 is 2.81 bits per heavy atom. The number of hydrogen-bond acceptors (Lipinski definition) is 3. The zero-order chi connectivity index (χ0) is 15.1. The van der Waals surface area contributed by atoms with Gasteiger partial charge in [-0.3, -0.25) is 0 Å². The van der Waals surface area contributed by atoms with Gasteiger partial charge in [0, 0.05) is 6.42 Å². The van der Waals surface area contributed by atoms with Crippen LogP contribution in [0.3, 0.4) is 0 Å². The molecule has 0 aromatic heterocycles. The highest BCUT2D eigenvalue weighted by Crippen LogP contribution is 2.55. The first-order chi connectivity index (χ1) is 9.97. The van der Waals surface area contributed by atoms with E-state index in [1.54, 1.807) is 7.11 Å². The quantitative estimate of drug-likeness (QED) is 0.822. The first kappa shape index (κ1) is 14.9. The molecule has 0 saturated carbocycles. The second kappa shape index (κ2) is 5.29.